The Labute approximate surface area is 222 Å². The number of nitrogens with zero attached hydrogens (tertiary/aromatic N) is 1. The van der Waals surface area contributed by atoms with Crippen molar-refractivity contribution in [1.82, 2.24) is 10.6 Å². The Morgan fingerprint density at radius 2 is 1.82 bits per heavy atom. The molecule has 2 aromatic carbocycles. The highest BCUT2D eigenvalue weighted by Crippen LogP contribution is 2.28. The average Bonchev–Trinajstić information content (AvgIpc) is 3.43. The lowest BCUT2D eigenvalue weighted by Gasteiger charge is -2.27. The molecule has 1 aromatic heterocycles. The SMILES string of the molecule is C[C@@H](CNc1ccc(C#N)cc1)NC(=O)[C@H](CC1CCCCC1)NC(=O)c1ccc(-c2cccc(F)c2)o1. The predicted molar refractivity (Wildman–Crippen MR) is 144 cm³/mol. The second-order valence-electron chi connectivity index (χ2n) is 9.92. The summed E-state index contributed by atoms with van der Waals surface area (Å²) in [7, 11) is 0. The largest absolute Gasteiger partial charge is 0.451 e. The number of anilines is 1. The molecule has 4 rings (SSSR count). The Balaban J connectivity index is 1.39. The van der Waals surface area contributed by atoms with Crippen LogP contribution in [0.25, 0.3) is 11.3 Å². The minimum atomic E-state index is -0.703. The van der Waals surface area contributed by atoms with Crippen molar-refractivity contribution in [3.63, 3.8) is 0 Å². The predicted octanol–water partition coefficient (Wildman–Crippen LogP) is 5.64. The number of nitrogens with one attached hydrogen (secondary N) is 3. The molecule has 3 N–H and O–H groups in total. The van der Waals surface area contributed by atoms with Crippen LogP contribution in [0.4, 0.5) is 10.1 Å². The highest BCUT2D eigenvalue weighted by atomic mass is 19.1. The fourth-order valence-corrected chi connectivity index (χ4v) is 4.80. The molecule has 0 saturated heterocycles. The van der Waals surface area contributed by atoms with Gasteiger partial charge in [0.2, 0.25) is 5.91 Å². The monoisotopic (exact) mass is 516 g/mol. The van der Waals surface area contributed by atoms with Crippen molar-refractivity contribution in [2.45, 2.75) is 57.5 Å². The minimum absolute atomic E-state index is 0.0706. The van der Waals surface area contributed by atoms with Crippen LogP contribution in [0.1, 0.15) is 61.6 Å². The summed E-state index contributed by atoms with van der Waals surface area (Å²) in [4.78, 5) is 26.4. The van der Waals surface area contributed by atoms with Crippen molar-refractivity contribution in [3.8, 4) is 17.4 Å². The number of benzene rings is 2. The standard InChI is InChI=1S/C30H33FN4O3/c1-20(19-33-25-12-10-22(18-32)11-13-25)34-29(36)26(16-21-6-3-2-4-7-21)35-30(37)28-15-14-27(38-28)23-8-5-9-24(31)17-23/h5,8-15,17,20-21,26,33H,2-4,6-7,16,19H2,1H3,(H,34,36)(H,35,37)/t20-,26-/m0/s1. The van der Waals surface area contributed by atoms with Gasteiger partial charge in [-0.05, 0) is 67.8 Å². The molecular formula is C30H33FN4O3. The quantitative estimate of drug-likeness (QED) is 0.323. The highest BCUT2D eigenvalue weighted by molar-refractivity contribution is 5.96. The number of nitriles is 1. The Morgan fingerprint density at radius 1 is 1.05 bits per heavy atom. The first kappa shape index (κ1) is 26.9. The maximum Gasteiger partial charge on any atom is 0.287 e. The van der Waals surface area contributed by atoms with Crippen LogP contribution in [-0.4, -0.2) is 30.4 Å². The lowest BCUT2D eigenvalue weighted by atomic mass is 9.84. The number of hydrogen-bond acceptors (Lipinski definition) is 5. The second-order valence-corrected chi connectivity index (χ2v) is 9.92. The van der Waals surface area contributed by atoms with Crippen LogP contribution in [0.2, 0.25) is 0 Å². The van der Waals surface area contributed by atoms with Crippen LogP contribution in [-0.2, 0) is 4.79 Å². The Bertz CT molecular complexity index is 1280. The summed E-state index contributed by atoms with van der Waals surface area (Å²) in [6, 6.07) is 17.4. The molecule has 0 aliphatic heterocycles. The maximum atomic E-state index is 13.6. The number of amides is 2. The first-order chi connectivity index (χ1) is 18.4. The molecular weight excluding hydrogens is 483 g/mol. The third kappa shape index (κ3) is 7.45. The van der Waals surface area contributed by atoms with Crippen LogP contribution < -0.4 is 16.0 Å². The van der Waals surface area contributed by atoms with Crippen LogP contribution in [0.5, 0.6) is 0 Å². The summed E-state index contributed by atoms with van der Waals surface area (Å²) < 4.78 is 19.3. The van der Waals surface area contributed by atoms with E-state index in [9.17, 15) is 14.0 Å². The summed E-state index contributed by atoms with van der Waals surface area (Å²) in [5.74, 6) is -0.295. The second kappa shape index (κ2) is 12.9. The topological polar surface area (TPSA) is 107 Å². The smallest absolute Gasteiger partial charge is 0.287 e. The van der Waals surface area contributed by atoms with E-state index in [1.807, 2.05) is 19.1 Å². The van der Waals surface area contributed by atoms with E-state index in [0.717, 1.165) is 31.4 Å². The average molecular weight is 517 g/mol. The lowest BCUT2D eigenvalue weighted by molar-refractivity contribution is -0.124. The van der Waals surface area contributed by atoms with E-state index < -0.39 is 17.8 Å². The van der Waals surface area contributed by atoms with Gasteiger partial charge in [0.1, 0.15) is 17.6 Å². The van der Waals surface area contributed by atoms with Crippen molar-refractivity contribution in [3.05, 3.63) is 77.8 Å². The van der Waals surface area contributed by atoms with Crippen molar-refractivity contribution in [2.24, 2.45) is 5.92 Å². The van der Waals surface area contributed by atoms with Gasteiger partial charge in [0.25, 0.3) is 5.91 Å². The molecule has 38 heavy (non-hydrogen) atoms. The summed E-state index contributed by atoms with van der Waals surface area (Å²) in [6.45, 7) is 2.38. The zero-order chi connectivity index (χ0) is 26.9. The molecule has 2 atom stereocenters. The summed E-state index contributed by atoms with van der Waals surface area (Å²) in [5.41, 5.74) is 1.96. The molecule has 0 radical (unpaired) electrons. The van der Waals surface area contributed by atoms with Gasteiger partial charge >= 0.3 is 0 Å². The molecule has 198 valence electrons. The van der Waals surface area contributed by atoms with Crippen molar-refractivity contribution >= 4 is 17.5 Å². The van der Waals surface area contributed by atoms with Gasteiger partial charge in [0.05, 0.1) is 11.6 Å². The fraction of sp³-hybridized carbons (Fsp3) is 0.367. The first-order valence-electron chi connectivity index (χ1n) is 13.1. The molecule has 1 saturated carbocycles. The van der Waals surface area contributed by atoms with Crippen LogP contribution in [0.15, 0.2) is 65.1 Å². The maximum absolute atomic E-state index is 13.6. The van der Waals surface area contributed by atoms with E-state index in [0.29, 0.717) is 35.8 Å². The molecule has 3 aromatic rings. The molecule has 0 bridgehead atoms. The minimum Gasteiger partial charge on any atom is -0.451 e. The third-order valence-electron chi connectivity index (χ3n) is 6.87. The molecule has 1 aliphatic carbocycles. The van der Waals surface area contributed by atoms with Crippen LogP contribution in [0, 0.1) is 23.1 Å². The zero-order valence-electron chi connectivity index (χ0n) is 21.5. The molecule has 7 nitrogen and oxygen atoms in total. The fourth-order valence-electron chi connectivity index (χ4n) is 4.80. The number of hydrogen-bond donors (Lipinski definition) is 3. The molecule has 2 amide bonds. The first-order valence-corrected chi connectivity index (χ1v) is 13.1. The van der Waals surface area contributed by atoms with E-state index in [-0.39, 0.29) is 17.7 Å². The summed E-state index contributed by atoms with van der Waals surface area (Å²) in [6.07, 6.45) is 6.11. The van der Waals surface area contributed by atoms with Crippen molar-refractivity contribution in [2.75, 3.05) is 11.9 Å². The molecule has 1 heterocycles. The number of carbonyl (C=O) groups excluding carboxylic acids is 2. The van der Waals surface area contributed by atoms with Crippen LogP contribution in [0.3, 0.4) is 0 Å². The number of halogens is 1. The number of carbonyl (C=O) groups is 2. The van der Waals surface area contributed by atoms with E-state index in [1.54, 1.807) is 30.3 Å². The van der Waals surface area contributed by atoms with E-state index in [1.165, 1.54) is 24.6 Å². The van der Waals surface area contributed by atoms with E-state index >= 15 is 0 Å². The molecule has 0 unspecified atom stereocenters. The third-order valence-corrected chi connectivity index (χ3v) is 6.87. The van der Waals surface area contributed by atoms with Crippen molar-refractivity contribution < 1.29 is 18.4 Å². The molecule has 1 aliphatic rings. The van der Waals surface area contributed by atoms with Crippen LogP contribution >= 0.6 is 0 Å². The molecule has 8 heteroatoms. The lowest BCUT2D eigenvalue weighted by Crippen LogP contribution is -2.51. The van der Waals surface area contributed by atoms with Gasteiger partial charge in [-0.2, -0.15) is 5.26 Å². The molecule has 1 fully saturated rings. The zero-order valence-corrected chi connectivity index (χ0v) is 21.5. The normalized spacial score (nSPS) is 15.2. The Morgan fingerprint density at radius 3 is 2.53 bits per heavy atom. The van der Waals surface area contributed by atoms with Gasteiger partial charge in [-0.3, -0.25) is 9.59 Å². The van der Waals surface area contributed by atoms with Gasteiger partial charge in [0, 0.05) is 23.8 Å². The molecule has 0 spiro atoms. The van der Waals surface area contributed by atoms with Crippen molar-refractivity contribution in [1.29, 1.82) is 5.26 Å². The van der Waals surface area contributed by atoms with Gasteiger partial charge < -0.3 is 20.4 Å². The number of furan rings is 1. The van der Waals surface area contributed by atoms with E-state index in [2.05, 4.69) is 22.0 Å². The van der Waals surface area contributed by atoms with Gasteiger partial charge in [-0.15, -0.1) is 0 Å². The van der Waals surface area contributed by atoms with Gasteiger partial charge in [0.15, 0.2) is 5.76 Å². The summed E-state index contributed by atoms with van der Waals surface area (Å²) in [5, 5.41) is 18.1. The van der Waals surface area contributed by atoms with Gasteiger partial charge in [-0.1, -0.05) is 44.2 Å². The number of rotatable bonds is 10. The van der Waals surface area contributed by atoms with E-state index in [4.69, 9.17) is 9.68 Å². The van der Waals surface area contributed by atoms with Gasteiger partial charge in [-0.25, -0.2) is 4.39 Å². The summed E-state index contributed by atoms with van der Waals surface area (Å²) >= 11 is 0. The Kier molecular flexibility index (Phi) is 9.15. The highest BCUT2D eigenvalue weighted by Gasteiger charge is 2.28. The Hall–Kier alpha value is -4.12.